The maximum Gasteiger partial charge on any atom is 0.434 e. The van der Waals surface area contributed by atoms with Crippen molar-refractivity contribution in [3.8, 4) is 17.4 Å². The van der Waals surface area contributed by atoms with E-state index in [-0.39, 0.29) is 23.1 Å². The normalized spacial score (nSPS) is 11.4. The number of hydrogen-bond donors (Lipinski definition) is 1. The monoisotopic (exact) mass is 429 g/mol. The van der Waals surface area contributed by atoms with E-state index in [1.165, 1.54) is 31.4 Å². The van der Waals surface area contributed by atoms with Crippen LogP contribution in [0.4, 0.5) is 27.6 Å². The van der Waals surface area contributed by atoms with E-state index in [0.717, 1.165) is 18.3 Å². The number of carbonyl (C=O) groups excluding carboxylic acids is 1. The van der Waals surface area contributed by atoms with E-state index in [1.807, 2.05) is 0 Å². The first-order valence-electron chi connectivity index (χ1n) is 8.08. The zero-order chi connectivity index (χ0) is 21.9. The van der Waals surface area contributed by atoms with Crippen molar-refractivity contribution in [3.63, 3.8) is 0 Å². The van der Waals surface area contributed by atoms with Gasteiger partial charge in [-0.3, -0.25) is 4.79 Å². The fraction of sp³-hybridized carbons (Fsp3) is 0.176. The molecule has 158 valence electrons. The Labute approximate surface area is 165 Å². The summed E-state index contributed by atoms with van der Waals surface area (Å²) in [5.74, 6) is -1.49. The van der Waals surface area contributed by atoms with Crippen molar-refractivity contribution in [1.82, 2.24) is 20.0 Å². The second-order valence-corrected chi connectivity index (χ2v) is 5.61. The lowest BCUT2D eigenvalue weighted by molar-refractivity contribution is -0.143. The summed E-state index contributed by atoms with van der Waals surface area (Å²) in [5, 5.41) is 13.0. The summed E-state index contributed by atoms with van der Waals surface area (Å²) >= 11 is 0. The number of amides is 1. The first kappa shape index (κ1) is 21.0. The molecule has 0 atom stereocenters. The van der Waals surface area contributed by atoms with E-state index in [1.54, 1.807) is 0 Å². The highest BCUT2D eigenvalue weighted by atomic mass is 19.4. The lowest BCUT2D eigenvalue weighted by Gasteiger charge is -2.12. The van der Waals surface area contributed by atoms with Crippen LogP contribution in [0, 0.1) is 0 Å². The van der Waals surface area contributed by atoms with Gasteiger partial charge < -0.3 is 14.8 Å². The van der Waals surface area contributed by atoms with Crippen molar-refractivity contribution >= 4 is 11.6 Å². The van der Waals surface area contributed by atoms with Gasteiger partial charge in [0.15, 0.2) is 11.5 Å². The fourth-order valence-corrected chi connectivity index (χ4v) is 2.41. The molecule has 0 unspecified atom stereocenters. The molecular weight excluding hydrogens is 417 g/mol. The summed E-state index contributed by atoms with van der Waals surface area (Å²) in [5.41, 5.74) is -2.07. The minimum absolute atomic E-state index is 0.0618. The van der Waals surface area contributed by atoms with E-state index >= 15 is 0 Å². The number of benzene rings is 1. The van der Waals surface area contributed by atoms with Gasteiger partial charge in [-0.05, 0) is 30.3 Å². The maximum absolute atomic E-state index is 13.6. The maximum atomic E-state index is 13.6. The molecule has 2 heterocycles. The smallest absolute Gasteiger partial charge is 0.434 e. The van der Waals surface area contributed by atoms with E-state index < -0.39 is 30.0 Å². The fourth-order valence-electron chi connectivity index (χ4n) is 2.41. The van der Waals surface area contributed by atoms with Gasteiger partial charge in [0.1, 0.15) is 5.75 Å². The molecule has 0 saturated heterocycles. The van der Waals surface area contributed by atoms with Crippen LogP contribution < -0.4 is 14.8 Å². The highest BCUT2D eigenvalue weighted by Crippen LogP contribution is 2.33. The number of ether oxygens (including phenoxy) is 2. The molecular formula is C17H12F5N5O3. The molecule has 30 heavy (non-hydrogen) atoms. The standard InChI is InChI=1S/C17H12F5N5O3/c1-29-13-7-6-12(25-26-13)27-14(17(20,21)22)11(8-23-27)15(28)24-9-2-4-10(5-3-9)30-16(18)19/h2-8,16H,1H3,(H,24,28). The van der Waals surface area contributed by atoms with Gasteiger partial charge in [0.25, 0.3) is 5.91 Å². The Morgan fingerprint density at radius 2 is 1.80 bits per heavy atom. The zero-order valence-electron chi connectivity index (χ0n) is 15.0. The van der Waals surface area contributed by atoms with Crippen LogP contribution in [0.5, 0.6) is 11.6 Å². The van der Waals surface area contributed by atoms with Gasteiger partial charge in [-0.1, -0.05) is 0 Å². The average molecular weight is 429 g/mol. The second kappa shape index (κ2) is 8.31. The summed E-state index contributed by atoms with van der Waals surface area (Å²) in [6.07, 6.45) is -4.21. The highest BCUT2D eigenvalue weighted by molar-refractivity contribution is 6.05. The van der Waals surface area contributed by atoms with Crippen LogP contribution >= 0.6 is 0 Å². The number of methoxy groups -OCH3 is 1. The molecule has 0 bridgehead atoms. The van der Waals surface area contributed by atoms with Crippen molar-refractivity contribution in [2.75, 3.05) is 12.4 Å². The summed E-state index contributed by atoms with van der Waals surface area (Å²) in [4.78, 5) is 12.4. The molecule has 0 aliphatic rings. The topological polar surface area (TPSA) is 91.2 Å². The molecule has 0 spiro atoms. The predicted molar refractivity (Wildman–Crippen MR) is 91.7 cm³/mol. The van der Waals surface area contributed by atoms with E-state index in [0.29, 0.717) is 4.68 Å². The molecule has 0 radical (unpaired) electrons. The third-order valence-corrected chi connectivity index (χ3v) is 3.67. The molecule has 3 rings (SSSR count). The minimum Gasteiger partial charge on any atom is -0.480 e. The Balaban J connectivity index is 1.89. The number of anilines is 1. The van der Waals surface area contributed by atoms with Gasteiger partial charge in [-0.2, -0.15) is 27.1 Å². The molecule has 1 amide bonds. The molecule has 8 nitrogen and oxygen atoms in total. The third-order valence-electron chi connectivity index (χ3n) is 3.67. The summed E-state index contributed by atoms with van der Waals surface area (Å²) in [6.45, 7) is -3.04. The minimum atomic E-state index is -4.94. The molecule has 0 fully saturated rings. The van der Waals surface area contributed by atoms with Crippen molar-refractivity contribution in [2.45, 2.75) is 12.8 Å². The molecule has 1 aromatic carbocycles. The second-order valence-electron chi connectivity index (χ2n) is 5.61. The van der Waals surface area contributed by atoms with Crippen LogP contribution in [0.25, 0.3) is 5.82 Å². The van der Waals surface area contributed by atoms with Gasteiger partial charge in [-0.15, -0.1) is 10.2 Å². The lowest BCUT2D eigenvalue weighted by Crippen LogP contribution is -2.21. The number of carbonyl (C=O) groups is 1. The van der Waals surface area contributed by atoms with Crippen molar-refractivity contribution in [3.05, 3.63) is 53.9 Å². The van der Waals surface area contributed by atoms with Gasteiger partial charge in [0.05, 0.1) is 18.9 Å². The number of aromatic nitrogens is 4. The van der Waals surface area contributed by atoms with Gasteiger partial charge in [0.2, 0.25) is 5.88 Å². The van der Waals surface area contributed by atoms with E-state index in [2.05, 4.69) is 25.3 Å². The van der Waals surface area contributed by atoms with Crippen LogP contribution in [0.3, 0.4) is 0 Å². The molecule has 13 heteroatoms. The summed E-state index contributed by atoms with van der Waals surface area (Å²) < 4.78 is 74.7. The Morgan fingerprint density at radius 3 is 2.33 bits per heavy atom. The first-order chi connectivity index (χ1) is 14.2. The molecule has 0 aliphatic carbocycles. The van der Waals surface area contributed by atoms with Crippen LogP contribution in [0.1, 0.15) is 16.1 Å². The Hall–Kier alpha value is -3.77. The number of nitrogens with zero attached hydrogens (tertiary/aromatic N) is 4. The summed E-state index contributed by atoms with van der Waals surface area (Å²) in [6, 6.07) is 7.13. The SMILES string of the molecule is COc1ccc(-n2ncc(C(=O)Nc3ccc(OC(F)F)cc3)c2C(F)(F)F)nn1. The first-order valence-corrected chi connectivity index (χ1v) is 8.08. The molecule has 2 aromatic heterocycles. The molecule has 3 aromatic rings. The number of alkyl halides is 5. The van der Waals surface area contributed by atoms with Crippen LogP contribution in [-0.2, 0) is 6.18 Å². The average Bonchev–Trinajstić information content (AvgIpc) is 3.15. The van der Waals surface area contributed by atoms with Crippen molar-refractivity contribution in [1.29, 1.82) is 0 Å². The van der Waals surface area contributed by atoms with Gasteiger partial charge in [-0.25, -0.2) is 4.68 Å². The number of rotatable bonds is 6. The van der Waals surface area contributed by atoms with Gasteiger partial charge >= 0.3 is 12.8 Å². The lowest BCUT2D eigenvalue weighted by atomic mass is 10.2. The quantitative estimate of drug-likeness (QED) is 0.603. The van der Waals surface area contributed by atoms with E-state index in [9.17, 15) is 26.7 Å². The number of hydrogen-bond acceptors (Lipinski definition) is 6. The van der Waals surface area contributed by atoms with Crippen LogP contribution in [0.15, 0.2) is 42.6 Å². The van der Waals surface area contributed by atoms with E-state index in [4.69, 9.17) is 4.74 Å². The molecule has 0 saturated carbocycles. The largest absolute Gasteiger partial charge is 0.480 e. The Kier molecular flexibility index (Phi) is 5.80. The van der Waals surface area contributed by atoms with Crippen LogP contribution in [-0.4, -0.2) is 39.6 Å². The molecule has 0 aliphatic heterocycles. The molecule has 1 N–H and O–H groups in total. The number of halogens is 5. The van der Waals surface area contributed by atoms with Crippen molar-refractivity contribution < 1.29 is 36.2 Å². The Morgan fingerprint density at radius 1 is 1.10 bits per heavy atom. The number of nitrogens with one attached hydrogen (secondary N) is 1. The Bertz CT molecular complexity index is 1020. The summed E-state index contributed by atoms with van der Waals surface area (Å²) in [7, 11) is 1.31. The van der Waals surface area contributed by atoms with Gasteiger partial charge in [0, 0.05) is 11.8 Å². The van der Waals surface area contributed by atoms with Crippen LogP contribution in [0.2, 0.25) is 0 Å². The highest BCUT2D eigenvalue weighted by Gasteiger charge is 2.41. The zero-order valence-corrected chi connectivity index (χ0v) is 15.0. The van der Waals surface area contributed by atoms with Crippen molar-refractivity contribution in [2.24, 2.45) is 0 Å². The third kappa shape index (κ3) is 4.61. The predicted octanol–water partition coefficient (Wildman–Crippen LogP) is 3.54.